The lowest BCUT2D eigenvalue weighted by molar-refractivity contribution is 0.460. The summed E-state index contributed by atoms with van der Waals surface area (Å²) in [5.41, 5.74) is 0.694. The van der Waals surface area contributed by atoms with Gasteiger partial charge in [0.05, 0.1) is 0 Å². The highest BCUT2D eigenvalue weighted by atomic mass is 35.5. The minimum absolute atomic E-state index is 0.0774. The Morgan fingerprint density at radius 3 is 2.71 bits per heavy atom. The Kier molecular flexibility index (Phi) is 6.53. The van der Waals surface area contributed by atoms with Crippen LogP contribution < -0.4 is 5.32 Å². The number of hydrogen-bond acceptors (Lipinski definition) is 1. The summed E-state index contributed by atoms with van der Waals surface area (Å²) in [6.07, 6.45) is 4.21. The summed E-state index contributed by atoms with van der Waals surface area (Å²) in [4.78, 5) is 0. The summed E-state index contributed by atoms with van der Waals surface area (Å²) in [7, 11) is 0. The molecule has 0 aliphatic heterocycles. The summed E-state index contributed by atoms with van der Waals surface area (Å²) in [5, 5.41) is 3.99. The second kappa shape index (κ2) is 7.67. The Bertz CT molecular complexity index is 333. The highest BCUT2D eigenvalue weighted by molar-refractivity contribution is 6.30. The molecule has 0 radical (unpaired) electrons. The van der Waals surface area contributed by atoms with Crippen molar-refractivity contribution in [3.8, 4) is 0 Å². The van der Waals surface area contributed by atoms with E-state index in [9.17, 15) is 4.39 Å². The molecular formula is C14H21ClFN. The highest BCUT2D eigenvalue weighted by Gasteiger charge is 2.14. The van der Waals surface area contributed by atoms with E-state index in [1.165, 1.54) is 6.07 Å². The van der Waals surface area contributed by atoms with Crippen LogP contribution in [0, 0.1) is 5.82 Å². The van der Waals surface area contributed by atoms with Crippen LogP contribution in [0.2, 0.25) is 5.02 Å². The molecule has 1 aromatic rings. The second-order valence-electron chi connectivity index (χ2n) is 4.31. The first-order valence-corrected chi connectivity index (χ1v) is 6.75. The quantitative estimate of drug-likeness (QED) is 0.746. The van der Waals surface area contributed by atoms with E-state index in [4.69, 9.17) is 11.6 Å². The van der Waals surface area contributed by atoms with E-state index in [0.717, 1.165) is 32.2 Å². The van der Waals surface area contributed by atoms with Crippen LogP contribution in [0.4, 0.5) is 4.39 Å². The van der Waals surface area contributed by atoms with Crippen molar-refractivity contribution in [3.63, 3.8) is 0 Å². The third-order valence-electron chi connectivity index (χ3n) is 2.82. The SMILES string of the molecule is CCCCC(NCCC)c1cc(Cl)ccc1F. The van der Waals surface area contributed by atoms with Crippen molar-refractivity contribution in [2.24, 2.45) is 0 Å². The fourth-order valence-corrected chi connectivity index (χ4v) is 2.06. The monoisotopic (exact) mass is 257 g/mol. The Labute approximate surface area is 108 Å². The van der Waals surface area contributed by atoms with Gasteiger partial charge in [0.2, 0.25) is 0 Å². The predicted octanol–water partition coefficient (Wildman–Crippen LogP) is 4.71. The van der Waals surface area contributed by atoms with Gasteiger partial charge in [0, 0.05) is 16.6 Å². The van der Waals surface area contributed by atoms with Crippen LogP contribution in [-0.4, -0.2) is 6.54 Å². The van der Waals surface area contributed by atoms with Gasteiger partial charge >= 0.3 is 0 Å². The lowest BCUT2D eigenvalue weighted by Gasteiger charge is -2.19. The normalized spacial score (nSPS) is 12.7. The Morgan fingerprint density at radius 1 is 1.29 bits per heavy atom. The molecule has 3 heteroatoms. The van der Waals surface area contributed by atoms with Crippen LogP contribution in [0.15, 0.2) is 18.2 Å². The average molecular weight is 258 g/mol. The fourth-order valence-electron chi connectivity index (χ4n) is 1.88. The van der Waals surface area contributed by atoms with E-state index in [1.807, 2.05) is 0 Å². The average Bonchev–Trinajstić information content (AvgIpc) is 2.33. The van der Waals surface area contributed by atoms with E-state index in [0.29, 0.717) is 10.6 Å². The summed E-state index contributed by atoms with van der Waals surface area (Å²) in [6.45, 7) is 5.16. The van der Waals surface area contributed by atoms with Crippen molar-refractivity contribution in [2.75, 3.05) is 6.54 Å². The highest BCUT2D eigenvalue weighted by Crippen LogP contribution is 2.25. The van der Waals surface area contributed by atoms with Crippen molar-refractivity contribution < 1.29 is 4.39 Å². The van der Waals surface area contributed by atoms with Crippen LogP contribution in [0.3, 0.4) is 0 Å². The molecule has 96 valence electrons. The molecule has 0 saturated heterocycles. The molecule has 1 aromatic carbocycles. The van der Waals surface area contributed by atoms with Gasteiger partial charge in [-0.1, -0.05) is 38.3 Å². The molecule has 17 heavy (non-hydrogen) atoms. The zero-order chi connectivity index (χ0) is 12.7. The number of benzene rings is 1. The first kappa shape index (κ1) is 14.5. The van der Waals surface area contributed by atoms with Gasteiger partial charge in [0.1, 0.15) is 5.82 Å². The van der Waals surface area contributed by atoms with Gasteiger partial charge in [0.15, 0.2) is 0 Å². The largest absolute Gasteiger partial charge is 0.310 e. The maximum Gasteiger partial charge on any atom is 0.128 e. The molecule has 1 atom stereocenters. The topological polar surface area (TPSA) is 12.0 Å². The molecule has 0 aromatic heterocycles. The molecule has 0 bridgehead atoms. The number of rotatable bonds is 7. The molecule has 0 amide bonds. The van der Waals surface area contributed by atoms with Crippen molar-refractivity contribution in [3.05, 3.63) is 34.6 Å². The van der Waals surface area contributed by atoms with Crippen LogP contribution in [0.1, 0.15) is 51.1 Å². The van der Waals surface area contributed by atoms with Gasteiger partial charge in [-0.05, 0) is 37.6 Å². The van der Waals surface area contributed by atoms with E-state index in [1.54, 1.807) is 12.1 Å². The Balaban J connectivity index is 2.82. The first-order valence-electron chi connectivity index (χ1n) is 6.37. The van der Waals surface area contributed by atoms with Crippen molar-refractivity contribution in [1.29, 1.82) is 0 Å². The zero-order valence-corrected chi connectivity index (χ0v) is 11.4. The molecule has 0 aliphatic carbocycles. The maximum absolute atomic E-state index is 13.8. The van der Waals surface area contributed by atoms with E-state index < -0.39 is 0 Å². The summed E-state index contributed by atoms with van der Waals surface area (Å²) < 4.78 is 13.8. The maximum atomic E-state index is 13.8. The molecule has 1 rings (SSSR count). The fraction of sp³-hybridized carbons (Fsp3) is 0.571. The number of halogens is 2. The molecule has 1 unspecified atom stereocenters. The molecule has 0 aliphatic rings. The van der Waals surface area contributed by atoms with Crippen molar-refractivity contribution in [2.45, 2.75) is 45.6 Å². The molecule has 0 saturated carbocycles. The van der Waals surface area contributed by atoms with Gasteiger partial charge in [0.25, 0.3) is 0 Å². The first-order chi connectivity index (χ1) is 8.19. The van der Waals surface area contributed by atoms with Crippen LogP contribution in [0.25, 0.3) is 0 Å². The van der Waals surface area contributed by atoms with Crippen molar-refractivity contribution in [1.82, 2.24) is 5.32 Å². The summed E-state index contributed by atoms with van der Waals surface area (Å²) in [5.74, 6) is -0.167. The Morgan fingerprint density at radius 2 is 2.06 bits per heavy atom. The van der Waals surface area contributed by atoms with Crippen molar-refractivity contribution >= 4 is 11.6 Å². The lowest BCUT2D eigenvalue weighted by Crippen LogP contribution is -2.23. The van der Waals surface area contributed by atoms with E-state index >= 15 is 0 Å². The van der Waals surface area contributed by atoms with Crippen LogP contribution >= 0.6 is 11.6 Å². The zero-order valence-electron chi connectivity index (χ0n) is 10.6. The van der Waals surface area contributed by atoms with Gasteiger partial charge in [-0.3, -0.25) is 0 Å². The third-order valence-corrected chi connectivity index (χ3v) is 3.06. The molecular weight excluding hydrogens is 237 g/mol. The second-order valence-corrected chi connectivity index (χ2v) is 4.75. The minimum atomic E-state index is -0.167. The molecule has 0 heterocycles. The molecule has 0 fully saturated rings. The summed E-state index contributed by atoms with van der Waals surface area (Å²) >= 11 is 5.93. The predicted molar refractivity (Wildman–Crippen MR) is 72.0 cm³/mol. The standard InChI is InChI=1S/C14H21ClFN/c1-3-5-6-14(17-9-4-2)12-10-11(15)7-8-13(12)16/h7-8,10,14,17H,3-6,9H2,1-2H3. The van der Waals surface area contributed by atoms with Gasteiger partial charge < -0.3 is 5.32 Å². The summed E-state index contributed by atoms with van der Waals surface area (Å²) in [6, 6.07) is 4.86. The number of hydrogen-bond donors (Lipinski definition) is 1. The smallest absolute Gasteiger partial charge is 0.128 e. The molecule has 1 N–H and O–H groups in total. The minimum Gasteiger partial charge on any atom is -0.310 e. The van der Waals surface area contributed by atoms with Gasteiger partial charge in [-0.25, -0.2) is 4.39 Å². The van der Waals surface area contributed by atoms with E-state index in [2.05, 4.69) is 19.2 Å². The number of unbranched alkanes of at least 4 members (excludes halogenated alkanes) is 1. The van der Waals surface area contributed by atoms with Crippen LogP contribution in [-0.2, 0) is 0 Å². The van der Waals surface area contributed by atoms with Gasteiger partial charge in [-0.15, -0.1) is 0 Å². The van der Waals surface area contributed by atoms with Crippen LogP contribution in [0.5, 0.6) is 0 Å². The van der Waals surface area contributed by atoms with Gasteiger partial charge in [-0.2, -0.15) is 0 Å². The third kappa shape index (κ3) is 4.64. The lowest BCUT2D eigenvalue weighted by atomic mass is 10.0. The molecule has 1 nitrogen and oxygen atoms in total. The van der Waals surface area contributed by atoms with E-state index in [-0.39, 0.29) is 11.9 Å². The Hall–Kier alpha value is -0.600. The molecule has 0 spiro atoms. The number of nitrogens with one attached hydrogen (secondary N) is 1.